The third-order valence-electron chi connectivity index (χ3n) is 11.9. The molecule has 0 fully saturated rings. The molecule has 0 saturated carbocycles. The van der Waals surface area contributed by atoms with Gasteiger partial charge in [-0.2, -0.15) is 0 Å². The van der Waals surface area contributed by atoms with Crippen LogP contribution in [0.3, 0.4) is 0 Å². The molecule has 54 heavy (non-hydrogen) atoms. The maximum atomic E-state index is 4.62. The first-order valence-corrected chi connectivity index (χ1v) is 18.8. The molecule has 0 N–H and O–H groups in total. The van der Waals surface area contributed by atoms with Crippen molar-refractivity contribution in [1.82, 2.24) is 9.55 Å². The molecule has 8 aromatic carbocycles. The molecule has 1 aliphatic carbocycles. The first kappa shape index (κ1) is 30.8. The van der Waals surface area contributed by atoms with Crippen molar-refractivity contribution >= 4 is 43.4 Å². The molecule has 0 unspecified atom stereocenters. The first-order valence-electron chi connectivity index (χ1n) is 18.8. The zero-order valence-electron chi connectivity index (χ0n) is 30.2. The van der Waals surface area contributed by atoms with E-state index in [1.54, 1.807) is 0 Å². The van der Waals surface area contributed by atoms with E-state index in [0.29, 0.717) is 0 Å². The SMILES string of the molecule is CC1(C)c2ccccc2-c2ccc(-n3c4ccncc4c4cc(-c5ccc6c(-c7ccccc7)c7ccccc7c(-c7ccccc7)c6c5)ccc43)cc21. The van der Waals surface area contributed by atoms with E-state index < -0.39 is 0 Å². The Hall–Kier alpha value is -6.77. The molecule has 0 spiro atoms. The second-order valence-electron chi connectivity index (χ2n) is 15.1. The number of nitrogens with zero attached hydrogens (tertiary/aromatic N) is 2. The number of rotatable bonds is 4. The van der Waals surface area contributed by atoms with Gasteiger partial charge in [0.2, 0.25) is 0 Å². The van der Waals surface area contributed by atoms with Crippen LogP contribution in [0, 0.1) is 0 Å². The lowest BCUT2D eigenvalue weighted by Gasteiger charge is -2.22. The summed E-state index contributed by atoms with van der Waals surface area (Å²) in [5.41, 5.74) is 16.3. The van der Waals surface area contributed by atoms with Crippen LogP contribution in [0.15, 0.2) is 182 Å². The van der Waals surface area contributed by atoms with E-state index >= 15 is 0 Å². The molecule has 0 radical (unpaired) electrons. The van der Waals surface area contributed by atoms with Gasteiger partial charge in [0.05, 0.1) is 11.0 Å². The minimum Gasteiger partial charge on any atom is -0.309 e. The lowest BCUT2D eigenvalue weighted by molar-refractivity contribution is 0.660. The minimum absolute atomic E-state index is 0.0736. The van der Waals surface area contributed by atoms with Crippen molar-refractivity contribution in [1.29, 1.82) is 0 Å². The Morgan fingerprint density at radius 3 is 1.72 bits per heavy atom. The van der Waals surface area contributed by atoms with Crippen molar-refractivity contribution in [2.24, 2.45) is 0 Å². The summed E-state index contributed by atoms with van der Waals surface area (Å²) >= 11 is 0. The highest BCUT2D eigenvalue weighted by molar-refractivity contribution is 6.22. The third kappa shape index (κ3) is 4.44. The van der Waals surface area contributed by atoms with Crippen LogP contribution in [-0.4, -0.2) is 9.55 Å². The fourth-order valence-electron chi connectivity index (χ4n) is 9.34. The van der Waals surface area contributed by atoms with Crippen molar-refractivity contribution in [3.05, 3.63) is 193 Å². The predicted molar refractivity (Wildman–Crippen MR) is 227 cm³/mol. The predicted octanol–water partition coefficient (Wildman–Crippen LogP) is 13.8. The van der Waals surface area contributed by atoms with Gasteiger partial charge in [-0.15, -0.1) is 0 Å². The summed E-state index contributed by atoms with van der Waals surface area (Å²) in [5, 5.41) is 7.39. The molecule has 11 rings (SSSR count). The lowest BCUT2D eigenvalue weighted by atomic mass is 9.82. The average molecular weight is 689 g/mol. The molecule has 0 saturated heterocycles. The molecular weight excluding hydrogens is 653 g/mol. The van der Waals surface area contributed by atoms with Gasteiger partial charge in [0.15, 0.2) is 0 Å². The molecule has 0 bridgehead atoms. The van der Waals surface area contributed by atoms with Gasteiger partial charge in [-0.25, -0.2) is 0 Å². The number of benzene rings is 8. The highest BCUT2D eigenvalue weighted by Gasteiger charge is 2.35. The Morgan fingerprint density at radius 1 is 0.407 bits per heavy atom. The Balaban J connectivity index is 1.13. The quantitative estimate of drug-likeness (QED) is 0.168. The van der Waals surface area contributed by atoms with E-state index in [1.807, 2.05) is 12.4 Å². The van der Waals surface area contributed by atoms with Crippen LogP contribution in [0.4, 0.5) is 0 Å². The topological polar surface area (TPSA) is 17.8 Å². The molecule has 0 atom stereocenters. The van der Waals surface area contributed by atoms with E-state index in [9.17, 15) is 0 Å². The van der Waals surface area contributed by atoms with Gasteiger partial charge in [-0.05, 0) is 114 Å². The van der Waals surface area contributed by atoms with E-state index in [-0.39, 0.29) is 5.41 Å². The van der Waals surface area contributed by atoms with E-state index in [1.165, 1.54) is 93.8 Å². The Kier molecular flexibility index (Phi) is 6.63. The van der Waals surface area contributed by atoms with Crippen molar-refractivity contribution in [2.75, 3.05) is 0 Å². The van der Waals surface area contributed by atoms with Crippen LogP contribution in [0.2, 0.25) is 0 Å². The van der Waals surface area contributed by atoms with E-state index in [2.05, 4.69) is 193 Å². The van der Waals surface area contributed by atoms with Crippen molar-refractivity contribution < 1.29 is 0 Å². The zero-order valence-corrected chi connectivity index (χ0v) is 30.2. The normalized spacial score (nSPS) is 13.1. The number of hydrogen-bond acceptors (Lipinski definition) is 1. The standard InChI is InChI=1S/C52H36N2/c1-52(2)46-20-12-11-17-38(46)39-25-23-37(31-47(39)52)54-48-26-22-36(29-43(48)45-32-53-28-27-49(45)54)35-21-24-42-44(30-35)51(34-15-7-4-8-16-34)41-19-10-9-18-40(41)50(42)33-13-5-3-6-14-33/h3-32H,1-2H3. The van der Waals surface area contributed by atoms with Crippen LogP contribution in [0.5, 0.6) is 0 Å². The molecular formula is C52H36N2. The highest BCUT2D eigenvalue weighted by atomic mass is 15.0. The summed E-state index contributed by atoms with van der Waals surface area (Å²) < 4.78 is 2.42. The number of fused-ring (bicyclic) bond motifs is 8. The largest absolute Gasteiger partial charge is 0.309 e. The number of pyridine rings is 1. The van der Waals surface area contributed by atoms with Crippen LogP contribution in [0.1, 0.15) is 25.0 Å². The fraction of sp³-hybridized carbons (Fsp3) is 0.0577. The number of hydrogen-bond donors (Lipinski definition) is 0. The maximum absolute atomic E-state index is 4.62. The van der Waals surface area contributed by atoms with Gasteiger partial charge < -0.3 is 4.57 Å². The molecule has 2 aromatic heterocycles. The summed E-state index contributed by atoms with van der Waals surface area (Å²) in [6.45, 7) is 4.70. The smallest absolute Gasteiger partial charge is 0.0571 e. The van der Waals surface area contributed by atoms with Crippen molar-refractivity contribution in [3.8, 4) is 50.2 Å². The summed E-state index contributed by atoms with van der Waals surface area (Å²) in [7, 11) is 0. The fourth-order valence-corrected chi connectivity index (χ4v) is 9.34. The number of aromatic nitrogens is 2. The van der Waals surface area contributed by atoms with Gasteiger partial charge in [0.25, 0.3) is 0 Å². The van der Waals surface area contributed by atoms with Crippen LogP contribution in [-0.2, 0) is 5.41 Å². The Morgan fingerprint density at radius 2 is 0.981 bits per heavy atom. The molecule has 0 aliphatic heterocycles. The molecule has 254 valence electrons. The van der Waals surface area contributed by atoms with Crippen molar-refractivity contribution in [2.45, 2.75) is 19.3 Å². The second-order valence-corrected chi connectivity index (χ2v) is 15.1. The minimum atomic E-state index is -0.0736. The van der Waals surface area contributed by atoms with Gasteiger partial charge in [0, 0.05) is 34.3 Å². The van der Waals surface area contributed by atoms with Gasteiger partial charge in [-0.3, -0.25) is 4.98 Å². The van der Waals surface area contributed by atoms with E-state index in [4.69, 9.17) is 0 Å². The molecule has 0 amide bonds. The molecule has 1 aliphatic rings. The van der Waals surface area contributed by atoms with Crippen molar-refractivity contribution in [3.63, 3.8) is 0 Å². The van der Waals surface area contributed by atoms with Crippen LogP contribution in [0.25, 0.3) is 93.5 Å². The first-order chi connectivity index (χ1) is 26.6. The third-order valence-corrected chi connectivity index (χ3v) is 11.9. The molecule has 2 nitrogen and oxygen atoms in total. The Labute approximate surface area is 314 Å². The van der Waals surface area contributed by atoms with Gasteiger partial charge in [0.1, 0.15) is 0 Å². The van der Waals surface area contributed by atoms with Crippen LogP contribution < -0.4 is 0 Å². The molecule has 10 aromatic rings. The lowest BCUT2D eigenvalue weighted by Crippen LogP contribution is -2.15. The zero-order chi connectivity index (χ0) is 36.0. The van der Waals surface area contributed by atoms with Gasteiger partial charge in [-0.1, -0.05) is 147 Å². The summed E-state index contributed by atoms with van der Waals surface area (Å²) in [6, 6.07) is 62.6. The second kappa shape index (κ2) is 11.6. The van der Waals surface area contributed by atoms with Gasteiger partial charge >= 0.3 is 0 Å². The summed E-state index contributed by atoms with van der Waals surface area (Å²) in [4.78, 5) is 4.62. The summed E-state index contributed by atoms with van der Waals surface area (Å²) in [5.74, 6) is 0. The molecule has 2 heterocycles. The van der Waals surface area contributed by atoms with E-state index in [0.717, 1.165) is 10.9 Å². The maximum Gasteiger partial charge on any atom is 0.0571 e. The summed E-state index contributed by atoms with van der Waals surface area (Å²) in [6.07, 6.45) is 3.94. The van der Waals surface area contributed by atoms with Crippen LogP contribution >= 0.6 is 0 Å². The average Bonchev–Trinajstić information content (AvgIpc) is 3.68. The highest BCUT2D eigenvalue weighted by Crippen LogP contribution is 2.50. The monoisotopic (exact) mass is 688 g/mol. The Bertz CT molecular complexity index is 3110. The molecule has 2 heteroatoms.